The molecule has 0 N–H and O–H groups in total. The van der Waals surface area contributed by atoms with Crippen molar-refractivity contribution in [2.24, 2.45) is 0 Å². The zero-order valence-electron chi connectivity index (χ0n) is 10.7. The fourth-order valence-electron chi connectivity index (χ4n) is 1.73. The molecular weight excluding hydrogens is 314 g/mol. The van der Waals surface area contributed by atoms with Crippen LogP contribution in [0.2, 0.25) is 0 Å². The lowest BCUT2D eigenvalue weighted by Crippen LogP contribution is -2.03. The number of aryl methyl sites for hydroxylation is 1. The van der Waals surface area contributed by atoms with Crippen LogP contribution in [-0.4, -0.2) is 25.3 Å². The Morgan fingerprint density at radius 2 is 2.11 bits per heavy atom. The van der Waals surface area contributed by atoms with E-state index in [2.05, 4.69) is 21.1 Å². The Morgan fingerprint density at radius 3 is 2.68 bits per heavy atom. The third-order valence-corrected chi connectivity index (χ3v) is 3.30. The van der Waals surface area contributed by atoms with Crippen LogP contribution in [0, 0.1) is 6.92 Å². The number of aromatic nitrogens is 1. The highest BCUT2D eigenvalue weighted by Gasteiger charge is 2.22. The van der Waals surface area contributed by atoms with Gasteiger partial charge in [0.2, 0.25) is 0 Å². The molecule has 2 aromatic rings. The van der Waals surface area contributed by atoms with Gasteiger partial charge in [0.05, 0.1) is 18.7 Å². The number of hydrogen-bond donors (Lipinski definition) is 0. The highest BCUT2D eigenvalue weighted by molar-refractivity contribution is 9.10. The number of hydrogen-bond acceptors (Lipinski definition) is 5. The fraction of sp³-hybridized carbons (Fsp3) is 0.231. The summed E-state index contributed by atoms with van der Waals surface area (Å²) in [6.45, 7) is 1.67. The number of nitrogens with zero attached hydrogens (tertiary/aromatic N) is 1. The van der Waals surface area contributed by atoms with Gasteiger partial charge in [-0.2, -0.15) is 0 Å². The van der Waals surface area contributed by atoms with E-state index in [0.29, 0.717) is 22.8 Å². The quantitative estimate of drug-likeness (QED) is 0.811. The number of carbonyl (C=O) groups excluding carboxylic acids is 1. The molecule has 1 aromatic heterocycles. The molecule has 6 heteroatoms. The Balaban J connectivity index is 2.53. The topological polar surface area (TPSA) is 61.6 Å². The number of halogens is 1. The summed E-state index contributed by atoms with van der Waals surface area (Å²) in [5.41, 5.74) is 1.53. The second-order valence-corrected chi connectivity index (χ2v) is 4.66. The van der Waals surface area contributed by atoms with Crippen molar-refractivity contribution in [3.63, 3.8) is 0 Å². The number of carbonyl (C=O) groups is 1. The first-order valence-corrected chi connectivity index (χ1v) is 6.26. The number of esters is 1. The van der Waals surface area contributed by atoms with E-state index in [0.717, 1.165) is 10.0 Å². The summed E-state index contributed by atoms with van der Waals surface area (Å²) in [5.74, 6) is 0.651. The highest BCUT2D eigenvalue weighted by atomic mass is 79.9. The van der Waals surface area contributed by atoms with Gasteiger partial charge < -0.3 is 14.0 Å². The molecule has 1 heterocycles. The van der Waals surface area contributed by atoms with Gasteiger partial charge in [0.15, 0.2) is 0 Å². The summed E-state index contributed by atoms with van der Waals surface area (Å²) in [6.07, 6.45) is 0. The van der Waals surface area contributed by atoms with Crippen LogP contribution < -0.4 is 4.74 Å². The van der Waals surface area contributed by atoms with Crippen LogP contribution in [0.15, 0.2) is 27.2 Å². The predicted molar refractivity (Wildman–Crippen MR) is 72.3 cm³/mol. The van der Waals surface area contributed by atoms with E-state index in [1.165, 1.54) is 7.11 Å². The van der Waals surface area contributed by atoms with Crippen LogP contribution in [0.1, 0.15) is 16.1 Å². The van der Waals surface area contributed by atoms with Crippen molar-refractivity contribution in [2.75, 3.05) is 14.2 Å². The molecule has 0 aliphatic heterocycles. The lowest BCUT2D eigenvalue weighted by Gasteiger charge is -2.05. The molecule has 0 radical (unpaired) electrons. The molecule has 1 aromatic carbocycles. The molecule has 0 atom stereocenters. The Morgan fingerprint density at radius 1 is 1.37 bits per heavy atom. The largest absolute Gasteiger partial charge is 0.496 e. The van der Waals surface area contributed by atoms with E-state index >= 15 is 0 Å². The molecule has 0 bridgehead atoms. The van der Waals surface area contributed by atoms with E-state index in [1.807, 2.05) is 6.07 Å². The van der Waals surface area contributed by atoms with Gasteiger partial charge in [-0.1, -0.05) is 5.16 Å². The van der Waals surface area contributed by atoms with E-state index in [9.17, 15) is 4.79 Å². The minimum absolute atomic E-state index is 0.333. The van der Waals surface area contributed by atoms with Crippen molar-refractivity contribution in [3.05, 3.63) is 34.0 Å². The lowest BCUT2D eigenvalue weighted by molar-refractivity contribution is 0.0599. The van der Waals surface area contributed by atoms with Gasteiger partial charge in [-0.3, -0.25) is 0 Å². The maximum atomic E-state index is 11.7. The first-order valence-electron chi connectivity index (χ1n) is 5.47. The van der Waals surface area contributed by atoms with Crippen molar-refractivity contribution in [1.82, 2.24) is 5.16 Å². The third kappa shape index (κ3) is 2.49. The van der Waals surface area contributed by atoms with Crippen molar-refractivity contribution < 1.29 is 18.8 Å². The summed E-state index contributed by atoms with van der Waals surface area (Å²) in [4.78, 5) is 11.7. The number of ether oxygens (including phenoxy) is 2. The molecule has 0 fully saturated rings. The minimum atomic E-state index is -0.472. The molecule has 100 valence electrons. The van der Waals surface area contributed by atoms with Gasteiger partial charge in [0.1, 0.15) is 22.8 Å². The monoisotopic (exact) mass is 325 g/mol. The zero-order chi connectivity index (χ0) is 14.0. The van der Waals surface area contributed by atoms with Crippen LogP contribution in [0.3, 0.4) is 0 Å². The number of benzene rings is 1. The summed E-state index contributed by atoms with van der Waals surface area (Å²) < 4.78 is 15.7. The second-order valence-electron chi connectivity index (χ2n) is 3.80. The fourth-order valence-corrected chi connectivity index (χ4v) is 2.27. The summed E-state index contributed by atoms with van der Waals surface area (Å²) in [5, 5.41) is 3.91. The van der Waals surface area contributed by atoms with Gasteiger partial charge >= 0.3 is 5.97 Å². The Bertz CT molecular complexity index is 621. The normalized spacial score (nSPS) is 10.3. The van der Waals surface area contributed by atoms with Crippen molar-refractivity contribution >= 4 is 21.9 Å². The molecule has 0 saturated carbocycles. The van der Waals surface area contributed by atoms with Gasteiger partial charge in [0.25, 0.3) is 0 Å². The van der Waals surface area contributed by atoms with Crippen LogP contribution in [0.5, 0.6) is 5.75 Å². The summed E-state index contributed by atoms with van der Waals surface area (Å²) >= 11 is 3.39. The third-order valence-electron chi connectivity index (χ3n) is 2.68. The lowest BCUT2D eigenvalue weighted by atomic mass is 10.1. The minimum Gasteiger partial charge on any atom is -0.496 e. The predicted octanol–water partition coefficient (Wildman–Crippen LogP) is 3.21. The van der Waals surface area contributed by atoms with Crippen LogP contribution in [-0.2, 0) is 4.74 Å². The standard InChI is InChI=1S/C13H12BrNO4/c1-7-11(13(16)18-3)12(15-19-7)8-4-5-10(17-2)9(14)6-8/h4-6H,1-3H3. The van der Waals surface area contributed by atoms with Crippen molar-refractivity contribution in [2.45, 2.75) is 6.92 Å². The Hall–Kier alpha value is -1.82. The molecule has 0 saturated heterocycles. The van der Waals surface area contributed by atoms with Crippen LogP contribution >= 0.6 is 15.9 Å². The average molecular weight is 326 g/mol. The maximum absolute atomic E-state index is 11.7. The molecule has 0 spiro atoms. The van der Waals surface area contributed by atoms with Gasteiger partial charge in [0, 0.05) is 5.56 Å². The van der Waals surface area contributed by atoms with E-state index in [1.54, 1.807) is 26.2 Å². The maximum Gasteiger partial charge on any atom is 0.343 e. The highest BCUT2D eigenvalue weighted by Crippen LogP contribution is 2.32. The zero-order valence-corrected chi connectivity index (χ0v) is 12.3. The van der Waals surface area contributed by atoms with E-state index in [-0.39, 0.29) is 0 Å². The first kappa shape index (κ1) is 13.6. The summed E-state index contributed by atoms with van der Waals surface area (Å²) in [7, 11) is 2.91. The average Bonchev–Trinajstić information content (AvgIpc) is 2.79. The first-order chi connectivity index (χ1) is 9.08. The van der Waals surface area contributed by atoms with Gasteiger partial charge in [-0.15, -0.1) is 0 Å². The molecule has 2 rings (SSSR count). The SMILES string of the molecule is COC(=O)c1c(-c2ccc(OC)c(Br)c2)noc1C. The van der Waals surface area contributed by atoms with Crippen LogP contribution in [0.4, 0.5) is 0 Å². The van der Waals surface area contributed by atoms with E-state index in [4.69, 9.17) is 14.0 Å². The number of methoxy groups -OCH3 is 2. The summed E-state index contributed by atoms with van der Waals surface area (Å²) in [6, 6.07) is 5.39. The molecule has 0 amide bonds. The van der Waals surface area contributed by atoms with Crippen LogP contribution in [0.25, 0.3) is 11.3 Å². The van der Waals surface area contributed by atoms with E-state index < -0.39 is 5.97 Å². The van der Waals surface area contributed by atoms with Gasteiger partial charge in [-0.05, 0) is 41.1 Å². The molecule has 0 aliphatic carbocycles. The van der Waals surface area contributed by atoms with Crippen molar-refractivity contribution in [1.29, 1.82) is 0 Å². The molecular formula is C13H12BrNO4. The Labute approximate surface area is 118 Å². The Kier molecular flexibility index (Phi) is 3.90. The van der Waals surface area contributed by atoms with Gasteiger partial charge in [-0.25, -0.2) is 4.79 Å². The molecule has 0 unspecified atom stereocenters. The molecule has 5 nitrogen and oxygen atoms in total. The number of rotatable bonds is 3. The molecule has 0 aliphatic rings. The molecule has 19 heavy (non-hydrogen) atoms. The smallest absolute Gasteiger partial charge is 0.343 e. The second kappa shape index (κ2) is 5.44. The van der Waals surface area contributed by atoms with Crippen molar-refractivity contribution in [3.8, 4) is 17.0 Å².